The Morgan fingerprint density at radius 3 is 2.62 bits per heavy atom. The van der Waals surface area contributed by atoms with Gasteiger partial charge in [-0.3, -0.25) is 0 Å². The fourth-order valence-electron chi connectivity index (χ4n) is 1.51. The lowest BCUT2D eigenvalue weighted by Crippen LogP contribution is -1.96. The van der Waals surface area contributed by atoms with Gasteiger partial charge in [0.05, 0.1) is 0 Å². The highest BCUT2D eigenvalue weighted by molar-refractivity contribution is 14.1. The van der Waals surface area contributed by atoms with Gasteiger partial charge in [-0.05, 0) is 65.4 Å². The number of nitrogen functional groups attached to an aromatic ring is 1. The Hall–Kier alpha value is -1.23. The predicted molar refractivity (Wildman–Crippen MR) is 78.0 cm³/mol. The molecular weight excluding hydrogens is 311 g/mol. The van der Waals surface area contributed by atoms with Crippen LogP contribution >= 0.6 is 22.6 Å². The average Bonchev–Trinajstić information content (AvgIpc) is 2.25. The normalized spacial score (nSPS) is 10.1. The molecule has 0 amide bonds. The summed E-state index contributed by atoms with van der Waals surface area (Å²) in [5.41, 5.74) is 9.90. The molecule has 0 aliphatic carbocycles. The molecule has 0 radical (unpaired) electrons. The first kappa shape index (κ1) is 11.3. The van der Waals surface area contributed by atoms with Gasteiger partial charge in [0.25, 0.3) is 0 Å². The standard InChI is InChI=1S/C13H13IN2/c1-9-12(15)6-3-7-13(9)16-11-5-2-4-10(14)8-11/h2-8,16H,15H2,1H3. The van der Waals surface area contributed by atoms with E-state index in [2.05, 4.69) is 40.0 Å². The summed E-state index contributed by atoms with van der Waals surface area (Å²) in [6.45, 7) is 2.02. The minimum Gasteiger partial charge on any atom is -0.398 e. The molecule has 0 saturated carbocycles. The van der Waals surface area contributed by atoms with Crippen molar-refractivity contribution in [1.82, 2.24) is 0 Å². The van der Waals surface area contributed by atoms with Crippen LogP contribution in [0.25, 0.3) is 0 Å². The largest absolute Gasteiger partial charge is 0.398 e. The van der Waals surface area contributed by atoms with Crippen LogP contribution in [0.4, 0.5) is 17.1 Å². The Kier molecular flexibility index (Phi) is 3.33. The van der Waals surface area contributed by atoms with E-state index in [-0.39, 0.29) is 0 Å². The number of benzene rings is 2. The molecule has 0 fully saturated rings. The molecule has 0 spiro atoms. The van der Waals surface area contributed by atoms with Crippen molar-refractivity contribution in [2.45, 2.75) is 6.92 Å². The van der Waals surface area contributed by atoms with E-state index in [0.29, 0.717) is 0 Å². The van der Waals surface area contributed by atoms with Crippen LogP contribution in [0.15, 0.2) is 42.5 Å². The fraction of sp³-hybridized carbons (Fsp3) is 0.0769. The van der Waals surface area contributed by atoms with Crippen LogP contribution in [0.1, 0.15) is 5.56 Å². The maximum Gasteiger partial charge on any atom is 0.0434 e. The summed E-state index contributed by atoms with van der Waals surface area (Å²) in [6.07, 6.45) is 0. The van der Waals surface area contributed by atoms with E-state index in [0.717, 1.165) is 22.6 Å². The number of anilines is 3. The van der Waals surface area contributed by atoms with Gasteiger partial charge in [-0.25, -0.2) is 0 Å². The maximum atomic E-state index is 5.86. The molecule has 0 bridgehead atoms. The molecular formula is C13H13IN2. The third kappa shape index (κ3) is 2.47. The fourth-order valence-corrected chi connectivity index (χ4v) is 2.05. The van der Waals surface area contributed by atoms with Crippen molar-refractivity contribution in [3.8, 4) is 0 Å². The zero-order chi connectivity index (χ0) is 11.5. The highest BCUT2D eigenvalue weighted by Crippen LogP contribution is 2.25. The number of hydrogen-bond acceptors (Lipinski definition) is 2. The topological polar surface area (TPSA) is 38.0 Å². The van der Waals surface area contributed by atoms with Crippen LogP contribution in [-0.4, -0.2) is 0 Å². The molecule has 3 N–H and O–H groups in total. The van der Waals surface area contributed by atoms with Crippen molar-refractivity contribution in [3.63, 3.8) is 0 Å². The summed E-state index contributed by atoms with van der Waals surface area (Å²) >= 11 is 2.30. The molecule has 2 aromatic carbocycles. The monoisotopic (exact) mass is 324 g/mol. The minimum absolute atomic E-state index is 0.815. The van der Waals surface area contributed by atoms with Gasteiger partial charge in [0.1, 0.15) is 0 Å². The van der Waals surface area contributed by atoms with Gasteiger partial charge in [0.15, 0.2) is 0 Å². The second-order valence-electron chi connectivity index (χ2n) is 3.66. The number of rotatable bonds is 2. The SMILES string of the molecule is Cc1c(N)cccc1Nc1cccc(I)c1. The molecule has 16 heavy (non-hydrogen) atoms. The van der Waals surface area contributed by atoms with Gasteiger partial charge >= 0.3 is 0 Å². The van der Waals surface area contributed by atoms with E-state index in [1.165, 1.54) is 3.57 Å². The second kappa shape index (κ2) is 4.74. The zero-order valence-electron chi connectivity index (χ0n) is 9.00. The number of nitrogens with one attached hydrogen (secondary N) is 1. The molecule has 0 saturated heterocycles. The van der Waals surface area contributed by atoms with Crippen molar-refractivity contribution in [2.75, 3.05) is 11.1 Å². The molecule has 2 rings (SSSR count). The molecule has 0 atom stereocenters. The summed E-state index contributed by atoms with van der Waals surface area (Å²) < 4.78 is 1.21. The van der Waals surface area contributed by atoms with Crippen LogP contribution in [-0.2, 0) is 0 Å². The first-order chi connectivity index (χ1) is 7.66. The molecule has 0 heterocycles. The van der Waals surface area contributed by atoms with Crippen LogP contribution in [0.2, 0.25) is 0 Å². The van der Waals surface area contributed by atoms with Gasteiger partial charge in [0.2, 0.25) is 0 Å². The van der Waals surface area contributed by atoms with Crippen molar-refractivity contribution >= 4 is 39.7 Å². The molecule has 82 valence electrons. The highest BCUT2D eigenvalue weighted by atomic mass is 127. The Balaban J connectivity index is 2.31. The molecule has 0 aliphatic heterocycles. The third-order valence-electron chi connectivity index (χ3n) is 2.48. The van der Waals surface area contributed by atoms with Crippen LogP contribution in [0, 0.1) is 10.5 Å². The molecule has 3 heteroatoms. The van der Waals surface area contributed by atoms with E-state index >= 15 is 0 Å². The number of hydrogen-bond donors (Lipinski definition) is 2. The van der Waals surface area contributed by atoms with Crippen molar-refractivity contribution < 1.29 is 0 Å². The van der Waals surface area contributed by atoms with Gasteiger partial charge in [-0.2, -0.15) is 0 Å². The second-order valence-corrected chi connectivity index (χ2v) is 4.90. The molecule has 0 aromatic heterocycles. The molecule has 2 aromatic rings. The minimum atomic E-state index is 0.815. The van der Waals surface area contributed by atoms with Gasteiger partial charge in [0, 0.05) is 20.6 Å². The van der Waals surface area contributed by atoms with E-state index in [4.69, 9.17) is 5.73 Å². The van der Waals surface area contributed by atoms with Crippen LogP contribution in [0.3, 0.4) is 0 Å². The summed E-state index contributed by atoms with van der Waals surface area (Å²) in [5.74, 6) is 0. The van der Waals surface area contributed by atoms with Gasteiger partial charge < -0.3 is 11.1 Å². The maximum absolute atomic E-state index is 5.86. The summed E-state index contributed by atoms with van der Waals surface area (Å²) in [5, 5.41) is 3.37. The predicted octanol–water partition coefficient (Wildman–Crippen LogP) is 3.93. The number of halogens is 1. The van der Waals surface area contributed by atoms with Crippen LogP contribution in [0.5, 0.6) is 0 Å². The Labute approximate surface area is 109 Å². The Bertz CT molecular complexity index is 509. The quantitative estimate of drug-likeness (QED) is 0.649. The first-order valence-corrected chi connectivity index (χ1v) is 6.12. The highest BCUT2D eigenvalue weighted by Gasteiger charge is 2.01. The Morgan fingerprint density at radius 2 is 1.88 bits per heavy atom. The summed E-state index contributed by atoms with van der Waals surface area (Å²) in [7, 11) is 0. The van der Waals surface area contributed by atoms with E-state index in [9.17, 15) is 0 Å². The molecule has 0 aliphatic rings. The smallest absolute Gasteiger partial charge is 0.0434 e. The lowest BCUT2D eigenvalue weighted by atomic mass is 10.1. The first-order valence-electron chi connectivity index (χ1n) is 5.04. The molecule has 0 unspecified atom stereocenters. The lowest BCUT2D eigenvalue weighted by Gasteiger charge is -2.11. The summed E-state index contributed by atoms with van der Waals surface area (Å²) in [6, 6.07) is 14.1. The number of nitrogens with two attached hydrogens (primary N) is 1. The Morgan fingerprint density at radius 1 is 1.12 bits per heavy atom. The average molecular weight is 324 g/mol. The third-order valence-corrected chi connectivity index (χ3v) is 3.15. The van der Waals surface area contributed by atoms with Crippen molar-refractivity contribution in [3.05, 3.63) is 51.6 Å². The van der Waals surface area contributed by atoms with E-state index in [1.807, 2.05) is 37.3 Å². The van der Waals surface area contributed by atoms with Crippen LogP contribution < -0.4 is 11.1 Å². The molecule has 2 nitrogen and oxygen atoms in total. The van der Waals surface area contributed by atoms with Crippen molar-refractivity contribution in [1.29, 1.82) is 0 Å². The summed E-state index contributed by atoms with van der Waals surface area (Å²) in [4.78, 5) is 0. The van der Waals surface area contributed by atoms with E-state index in [1.54, 1.807) is 0 Å². The van der Waals surface area contributed by atoms with Gasteiger partial charge in [-0.1, -0.05) is 12.1 Å². The van der Waals surface area contributed by atoms with E-state index < -0.39 is 0 Å². The van der Waals surface area contributed by atoms with Crippen molar-refractivity contribution in [2.24, 2.45) is 0 Å². The van der Waals surface area contributed by atoms with Gasteiger partial charge in [-0.15, -0.1) is 0 Å². The lowest BCUT2D eigenvalue weighted by molar-refractivity contribution is 1.43. The zero-order valence-corrected chi connectivity index (χ0v) is 11.2.